The number of hydrogen-bond donors (Lipinski definition) is 5. The predicted octanol–water partition coefficient (Wildman–Crippen LogP) is 5.40. The minimum absolute atomic E-state index is 0.0135. The van der Waals surface area contributed by atoms with Gasteiger partial charge in [0.25, 0.3) is 0 Å². The fraction of sp³-hybridized carbons (Fsp3) is 0.545. The van der Waals surface area contributed by atoms with E-state index in [1.165, 1.54) is 4.90 Å². The molecule has 6 atom stereocenters. The molecule has 2 aromatic rings. The molecule has 5 amide bonds. The fourth-order valence-electron chi connectivity index (χ4n) is 8.48. The van der Waals surface area contributed by atoms with Crippen LogP contribution in [0, 0.1) is 17.8 Å². The molecule has 0 radical (unpaired) electrons. The van der Waals surface area contributed by atoms with Crippen molar-refractivity contribution in [2.24, 2.45) is 23.5 Å². The number of nitrogens with zero attached hydrogens (tertiary/aromatic N) is 2. The van der Waals surface area contributed by atoms with Crippen molar-refractivity contribution >= 4 is 46.2 Å². The summed E-state index contributed by atoms with van der Waals surface area (Å²) in [6.45, 7) is 0.0491. The molecule has 1 aliphatic heterocycles. The summed E-state index contributed by atoms with van der Waals surface area (Å²) in [4.78, 5) is 71.5. The average molecular weight is 799 g/mol. The van der Waals surface area contributed by atoms with E-state index in [9.17, 15) is 24.0 Å². The van der Waals surface area contributed by atoms with Crippen LogP contribution in [0.15, 0.2) is 54.6 Å². The van der Waals surface area contributed by atoms with E-state index in [1.807, 2.05) is 48.6 Å². The molecule has 1 aromatic heterocycles. The third kappa shape index (κ3) is 10.8. The SMILES string of the molecule is CNC(=O)[C@@H](NC(=O)[C@H](CCCCC/C=C\[C@@H]1CC1C(=O)O)NC(=O)N1C[C@H](Oc2cc(C3=CC=CCC3)nc3cc(OC)ccc23)C[C@H]1C(N)=O)C1CCCCC1. The van der Waals surface area contributed by atoms with Gasteiger partial charge in [-0.3, -0.25) is 19.2 Å². The minimum Gasteiger partial charge on any atom is -0.497 e. The van der Waals surface area contributed by atoms with E-state index in [2.05, 4.69) is 22.0 Å². The first-order valence-corrected chi connectivity index (χ1v) is 20.9. The number of carboxylic acids is 1. The van der Waals surface area contributed by atoms with Gasteiger partial charge >= 0.3 is 12.0 Å². The Morgan fingerprint density at radius 3 is 2.53 bits per heavy atom. The molecule has 1 unspecified atom stereocenters. The van der Waals surface area contributed by atoms with Gasteiger partial charge in [0.1, 0.15) is 35.7 Å². The van der Waals surface area contributed by atoms with Gasteiger partial charge in [0.05, 0.1) is 30.8 Å². The first kappa shape index (κ1) is 42.2. The largest absolute Gasteiger partial charge is 0.497 e. The maximum atomic E-state index is 14.1. The molecule has 2 heterocycles. The van der Waals surface area contributed by atoms with Crippen molar-refractivity contribution in [3.8, 4) is 11.5 Å². The number of benzene rings is 1. The monoisotopic (exact) mass is 798 g/mol. The third-order valence-corrected chi connectivity index (χ3v) is 11.9. The van der Waals surface area contributed by atoms with Crippen LogP contribution in [0.4, 0.5) is 4.79 Å². The summed E-state index contributed by atoms with van der Waals surface area (Å²) in [7, 11) is 3.15. The van der Waals surface area contributed by atoms with Gasteiger partial charge in [-0.15, -0.1) is 0 Å². The molecular weight excluding hydrogens is 741 g/mol. The zero-order chi connectivity index (χ0) is 41.2. The van der Waals surface area contributed by atoms with Crippen LogP contribution in [0.1, 0.15) is 95.6 Å². The van der Waals surface area contributed by atoms with Crippen LogP contribution >= 0.6 is 0 Å². The number of primary amides is 1. The maximum absolute atomic E-state index is 14.1. The summed E-state index contributed by atoms with van der Waals surface area (Å²) >= 11 is 0. The minimum atomic E-state index is -0.979. The number of aliphatic carboxylic acids is 1. The molecule has 6 rings (SSSR count). The van der Waals surface area contributed by atoms with E-state index in [-0.39, 0.29) is 36.6 Å². The second-order valence-corrected chi connectivity index (χ2v) is 16.0. The standard InChI is InChI=1S/C44H58N6O8/c1-46-42(53)39(28-16-11-7-12-17-28)49-41(52)34(19-13-5-3-4-8-18-29-22-33(29)43(54)55)48-44(56)50-26-31(24-37(50)40(45)51)58-38-25-35(27-14-9-6-10-15-27)47-36-23-30(57-2)20-21-32(36)38/h6,8-9,14,18,20-21,23,25,28-29,31,33-34,37,39H,3-5,7,10-13,15-17,19,22,24,26H2,1-2H3,(H2,45,51)(H,46,53)(H,48,56)(H,49,52)(H,54,55)/b18-8-/t29-,31-,33?,34+,37+,39+/m1/s1. The van der Waals surface area contributed by atoms with E-state index in [1.54, 1.807) is 14.2 Å². The highest BCUT2D eigenvalue weighted by Gasteiger charge is 2.42. The number of likely N-dealkylation sites (N-methyl/N-ethyl adjacent to an activating group) is 1. The van der Waals surface area contributed by atoms with Gasteiger partial charge in [0, 0.05) is 31.0 Å². The van der Waals surface area contributed by atoms with Gasteiger partial charge in [0.2, 0.25) is 17.7 Å². The molecule has 3 aliphatic carbocycles. The molecule has 1 saturated heterocycles. The van der Waals surface area contributed by atoms with Gasteiger partial charge in [0.15, 0.2) is 0 Å². The molecule has 14 nitrogen and oxygen atoms in total. The summed E-state index contributed by atoms with van der Waals surface area (Å²) < 4.78 is 12.1. The Morgan fingerprint density at radius 2 is 1.84 bits per heavy atom. The number of rotatable bonds is 18. The molecule has 312 valence electrons. The number of aromatic nitrogens is 1. The molecule has 1 aromatic carbocycles. The number of carbonyl (C=O) groups is 5. The van der Waals surface area contributed by atoms with E-state index < -0.39 is 48.0 Å². The number of unbranched alkanes of at least 4 members (excludes halogenated alkanes) is 3. The summed E-state index contributed by atoms with van der Waals surface area (Å²) in [6, 6.07) is 4.14. The van der Waals surface area contributed by atoms with Crippen molar-refractivity contribution in [3.63, 3.8) is 0 Å². The second kappa shape index (κ2) is 19.8. The number of methoxy groups -OCH3 is 1. The smallest absolute Gasteiger partial charge is 0.318 e. The third-order valence-electron chi connectivity index (χ3n) is 11.9. The predicted molar refractivity (Wildman–Crippen MR) is 220 cm³/mol. The topological polar surface area (TPSA) is 202 Å². The van der Waals surface area contributed by atoms with E-state index in [0.29, 0.717) is 36.3 Å². The van der Waals surface area contributed by atoms with Crippen LogP contribution in [0.25, 0.3) is 16.5 Å². The molecule has 4 aliphatic rings. The van der Waals surface area contributed by atoms with Crippen LogP contribution in [0.5, 0.6) is 11.5 Å². The first-order valence-electron chi connectivity index (χ1n) is 20.9. The molecule has 2 saturated carbocycles. The normalized spacial score (nSPS) is 22.9. The lowest BCUT2D eigenvalue weighted by Crippen LogP contribution is -2.58. The molecular formula is C44H58N6O8. The van der Waals surface area contributed by atoms with Gasteiger partial charge < -0.3 is 41.2 Å². The number of hydrogen-bond acceptors (Lipinski definition) is 8. The van der Waals surface area contributed by atoms with E-state index in [0.717, 1.165) is 80.9 Å². The number of ether oxygens (including phenoxy) is 2. The van der Waals surface area contributed by atoms with Crippen molar-refractivity contribution in [2.45, 2.75) is 114 Å². The molecule has 0 bridgehead atoms. The first-order chi connectivity index (χ1) is 28.1. The number of pyridine rings is 1. The van der Waals surface area contributed by atoms with Crippen molar-refractivity contribution in [1.82, 2.24) is 25.8 Å². The van der Waals surface area contributed by atoms with E-state index >= 15 is 0 Å². The fourth-order valence-corrected chi connectivity index (χ4v) is 8.48. The van der Waals surface area contributed by atoms with Crippen molar-refractivity contribution < 1.29 is 38.6 Å². The quantitative estimate of drug-likeness (QED) is 0.0967. The molecule has 3 fully saturated rings. The molecule has 0 spiro atoms. The Morgan fingerprint density at radius 1 is 1.03 bits per heavy atom. The molecule has 58 heavy (non-hydrogen) atoms. The highest BCUT2D eigenvalue weighted by Crippen LogP contribution is 2.40. The van der Waals surface area contributed by atoms with Crippen molar-refractivity contribution in [2.75, 3.05) is 20.7 Å². The number of urea groups is 1. The summed E-state index contributed by atoms with van der Waals surface area (Å²) in [6.07, 6.45) is 20.1. The maximum Gasteiger partial charge on any atom is 0.318 e. The zero-order valence-corrected chi connectivity index (χ0v) is 33.6. The number of carboxylic acid groups (broad SMARTS) is 1. The van der Waals surface area contributed by atoms with Crippen LogP contribution < -0.4 is 31.2 Å². The van der Waals surface area contributed by atoms with Crippen LogP contribution in [0.3, 0.4) is 0 Å². The van der Waals surface area contributed by atoms with Gasteiger partial charge in [-0.2, -0.15) is 0 Å². The number of amides is 5. The Hall–Kier alpha value is -5.40. The number of carbonyl (C=O) groups excluding carboxylic acids is 4. The van der Waals surface area contributed by atoms with Crippen molar-refractivity contribution in [3.05, 3.63) is 60.3 Å². The number of fused-ring (bicyclic) bond motifs is 1. The zero-order valence-electron chi connectivity index (χ0n) is 33.6. The lowest BCUT2D eigenvalue weighted by atomic mass is 9.83. The van der Waals surface area contributed by atoms with Gasteiger partial charge in [-0.1, -0.05) is 62.5 Å². The van der Waals surface area contributed by atoms with Crippen LogP contribution in [-0.4, -0.2) is 89.6 Å². The number of nitrogens with one attached hydrogen (secondary N) is 3. The second-order valence-electron chi connectivity index (χ2n) is 16.0. The summed E-state index contributed by atoms with van der Waals surface area (Å²) in [5, 5.41) is 18.5. The Kier molecular flexibility index (Phi) is 14.4. The Bertz CT molecular complexity index is 1920. The van der Waals surface area contributed by atoms with E-state index in [4.69, 9.17) is 25.3 Å². The highest BCUT2D eigenvalue weighted by molar-refractivity contribution is 5.93. The Labute approximate surface area is 340 Å². The van der Waals surface area contributed by atoms with Gasteiger partial charge in [-0.05, 0) is 80.9 Å². The highest BCUT2D eigenvalue weighted by atomic mass is 16.5. The van der Waals surface area contributed by atoms with Crippen molar-refractivity contribution in [1.29, 1.82) is 0 Å². The molecule has 6 N–H and O–H groups in total. The summed E-state index contributed by atoms with van der Waals surface area (Å²) in [5.74, 6) is -1.16. The van der Waals surface area contributed by atoms with Crippen LogP contribution in [0.2, 0.25) is 0 Å². The number of likely N-dealkylation sites (tertiary alicyclic amines) is 1. The summed E-state index contributed by atoms with van der Waals surface area (Å²) in [5.41, 5.74) is 8.40. The Balaban J connectivity index is 1.16. The molecule has 14 heteroatoms. The average Bonchev–Trinajstić information content (AvgIpc) is 3.90. The van der Waals surface area contributed by atoms with Crippen LogP contribution in [-0.2, 0) is 19.2 Å². The van der Waals surface area contributed by atoms with Gasteiger partial charge in [-0.25, -0.2) is 9.78 Å². The lowest BCUT2D eigenvalue weighted by molar-refractivity contribution is -0.138. The number of allylic oxidation sites excluding steroid dienone is 6. The number of nitrogens with two attached hydrogens (primary N) is 1. The lowest BCUT2D eigenvalue weighted by Gasteiger charge is -2.31.